The summed E-state index contributed by atoms with van der Waals surface area (Å²) in [6, 6.07) is 3.74. The maximum atomic E-state index is 13.0. The van der Waals surface area contributed by atoms with Gasteiger partial charge in [0.1, 0.15) is 6.10 Å². The Hall–Kier alpha value is -3.88. The van der Waals surface area contributed by atoms with Crippen LogP contribution >= 0.6 is 0 Å². The SMILES string of the molecule is C/C=C(/C)C(=O)Oc1c2c(cc3c1-c1c(cc4c(c1OC)OCO4)[C@H](OC(C)=O)[C@H](C)[C@H](C)C3)OCO2. The second-order valence-corrected chi connectivity index (χ2v) is 9.51. The van der Waals surface area contributed by atoms with Crippen LogP contribution in [-0.2, 0) is 20.7 Å². The lowest BCUT2D eigenvalue weighted by Gasteiger charge is -2.34. The van der Waals surface area contributed by atoms with Gasteiger partial charge in [0.2, 0.25) is 25.1 Å². The van der Waals surface area contributed by atoms with Gasteiger partial charge in [0.15, 0.2) is 23.0 Å². The fourth-order valence-electron chi connectivity index (χ4n) is 5.06. The van der Waals surface area contributed by atoms with Gasteiger partial charge in [0.25, 0.3) is 0 Å². The number of allylic oxidation sites excluding steroid dienone is 1. The molecule has 0 radical (unpaired) electrons. The van der Waals surface area contributed by atoms with Gasteiger partial charge in [-0.05, 0) is 43.9 Å². The maximum absolute atomic E-state index is 13.0. The number of benzene rings is 2. The summed E-state index contributed by atoms with van der Waals surface area (Å²) in [5.41, 5.74) is 3.17. The van der Waals surface area contributed by atoms with Crippen molar-refractivity contribution in [3.05, 3.63) is 34.9 Å². The molecule has 2 aliphatic heterocycles. The molecule has 0 amide bonds. The molecule has 3 atom stereocenters. The van der Waals surface area contributed by atoms with Crippen molar-refractivity contribution < 1.29 is 42.7 Å². The first-order valence-corrected chi connectivity index (χ1v) is 12.2. The summed E-state index contributed by atoms with van der Waals surface area (Å²) in [6.45, 7) is 9.00. The molecule has 0 fully saturated rings. The average Bonchev–Trinajstić information content (AvgIpc) is 3.54. The van der Waals surface area contributed by atoms with Crippen molar-refractivity contribution in [1.82, 2.24) is 0 Å². The van der Waals surface area contributed by atoms with Gasteiger partial charge in [-0.2, -0.15) is 0 Å². The lowest BCUT2D eigenvalue weighted by Crippen LogP contribution is -2.26. The van der Waals surface area contributed by atoms with Gasteiger partial charge in [-0.25, -0.2) is 4.79 Å². The molecule has 0 bridgehead atoms. The quantitative estimate of drug-likeness (QED) is 0.315. The van der Waals surface area contributed by atoms with Gasteiger partial charge in [-0.3, -0.25) is 4.79 Å². The minimum atomic E-state index is -0.620. The molecule has 3 aliphatic rings. The summed E-state index contributed by atoms with van der Waals surface area (Å²) in [6.07, 6.45) is 1.65. The molecule has 0 N–H and O–H groups in total. The van der Waals surface area contributed by atoms with Crippen LogP contribution in [0.3, 0.4) is 0 Å². The molecule has 0 saturated carbocycles. The first-order valence-electron chi connectivity index (χ1n) is 12.2. The molecule has 1 aliphatic carbocycles. The molecule has 2 aromatic carbocycles. The molecule has 9 nitrogen and oxygen atoms in total. The Kier molecular flexibility index (Phi) is 6.39. The van der Waals surface area contributed by atoms with E-state index < -0.39 is 18.0 Å². The van der Waals surface area contributed by atoms with E-state index in [-0.39, 0.29) is 31.2 Å². The molecule has 5 rings (SSSR count). The third-order valence-electron chi connectivity index (χ3n) is 7.27. The highest BCUT2D eigenvalue weighted by Crippen LogP contribution is 2.59. The first kappa shape index (κ1) is 24.8. The number of hydrogen-bond acceptors (Lipinski definition) is 9. The summed E-state index contributed by atoms with van der Waals surface area (Å²) in [5.74, 6) is 1.43. The minimum Gasteiger partial charge on any atom is -0.492 e. The number of fused-ring (bicyclic) bond motifs is 5. The molecule has 2 aromatic rings. The van der Waals surface area contributed by atoms with Crippen LogP contribution in [0.25, 0.3) is 11.1 Å². The highest BCUT2D eigenvalue weighted by Gasteiger charge is 2.40. The van der Waals surface area contributed by atoms with Crippen LogP contribution in [0.15, 0.2) is 23.8 Å². The monoisotopic (exact) mass is 510 g/mol. The van der Waals surface area contributed by atoms with E-state index in [4.69, 9.17) is 33.2 Å². The molecule has 0 unspecified atom stereocenters. The standard InChI is InChI=1S/C28H30O9/c1-7-13(2)28(30)37-27-21-17(9-19-25(27)35-11-32-19)8-14(3)15(4)23(36-16(5)29)18-10-20-24(34-12-33-20)26(31-6)22(18)21/h7,9-10,14-15,23H,8,11-12H2,1-6H3/b13-7-/t14-,15-,23-/m1/s1. The van der Waals surface area contributed by atoms with Crippen molar-refractivity contribution in [2.24, 2.45) is 11.8 Å². The van der Waals surface area contributed by atoms with E-state index in [2.05, 4.69) is 6.92 Å². The fourth-order valence-corrected chi connectivity index (χ4v) is 5.06. The maximum Gasteiger partial charge on any atom is 0.338 e. The van der Waals surface area contributed by atoms with Gasteiger partial charge in [0.05, 0.1) is 7.11 Å². The molecule has 37 heavy (non-hydrogen) atoms. The minimum absolute atomic E-state index is 0.00145. The zero-order valence-corrected chi connectivity index (χ0v) is 21.8. The summed E-state index contributed by atoms with van der Waals surface area (Å²) in [5, 5.41) is 0. The number of rotatable bonds is 4. The summed E-state index contributed by atoms with van der Waals surface area (Å²) < 4.78 is 40.9. The number of carbonyl (C=O) groups is 2. The molecule has 9 heteroatoms. The molecule has 196 valence electrons. The number of esters is 2. The highest BCUT2D eigenvalue weighted by molar-refractivity contribution is 5.95. The lowest BCUT2D eigenvalue weighted by molar-refractivity contribution is -0.150. The van der Waals surface area contributed by atoms with Crippen LogP contribution in [0.2, 0.25) is 0 Å². The Morgan fingerprint density at radius 2 is 1.59 bits per heavy atom. The van der Waals surface area contributed by atoms with Gasteiger partial charge in [-0.15, -0.1) is 0 Å². The molecule has 0 saturated heterocycles. The van der Waals surface area contributed by atoms with Crippen molar-refractivity contribution in [2.75, 3.05) is 20.7 Å². The van der Waals surface area contributed by atoms with Gasteiger partial charge in [-0.1, -0.05) is 19.9 Å². The molecular weight excluding hydrogens is 480 g/mol. The van der Waals surface area contributed by atoms with E-state index in [9.17, 15) is 9.59 Å². The fraction of sp³-hybridized carbons (Fsp3) is 0.429. The van der Waals surface area contributed by atoms with Crippen LogP contribution < -0.4 is 28.4 Å². The van der Waals surface area contributed by atoms with E-state index in [1.807, 2.05) is 19.1 Å². The van der Waals surface area contributed by atoms with Gasteiger partial charge in [0, 0.05) is 35.1 Å². The van der Waals surface area contributed by atoms with E-state index in [1.54, 1.807) is 19.9 Å². The highest BCUT2D eigenvalue weighted by atomic mass is 16.7. The molecule has 0 aromatic heterocycles. The van der Waals surface area contributed by atoms with E-state index in [0.717, 1.165) is 5.56 Å². The number of hydrogen-bond donors (Lipinski definition) is 0. The number of carbonyl (C=O) groups excluding carboxylic acids is 2. The second-order valence-electron chi connectivity index (χ2n) is 9.51. The van der Waals surface area contributed by atoms with Crippen molar-refractivity contribution in [3.8, 4) is 45.6 Å². The zero-order valence-electron chi connectivity index (χ0n) is 21.8. The third-order valence-corrected chi connectivity index (χ3v) is 7.27. The third kappa shape index (κ3) is 4.12. The van der Waals surface area contributed by atoms with Crippen LogP contribution in [-0.4, -0.2) is 32.6 Å². The Morgan fingerprint density at radius 3 is 2.22 bits per heavy atom. The topological polar surface area (TPSA) is 98.8 Å². The van der Waals surface area contributed by atoms with Gasteiger partial charge < -0.3 is 33.2 Å². The lowest BCUT2D eigenvalue weighted by atomic mass is 9.76. The molecule has 2 heterocycles. The normalized spacial score (nSPS) is 21.4. The number of methoxy groups -OCH3 is 1. The van der Waals surface area contributed by atoms with Crippen LogP contribution in [0.1, 0.15) is 51.8 Å². The first-order chi connectivity index (χ1) is 17.7. The van der Waals surface area contributed by atoms with E-state index >= 15 is 0 Å². The number of ether oxygens (including phenoxy) is 7. The predicted octanol–water partition coefficient (Wildman–Crippen LogP) is 5.12. The van der Waals surface area contributed by atoms with E-state index in [1.165, 1.54) is 14.0 Å². The summed E-state index contributed by atoms with van der Waals surface area (Å²) in [7, 11) is 1.53. The average molecular weight is 511 g/mol. The van der Waals surface area contributed by atoms with Crippen molar-refractivity contribution >= 4 is 11.9 Å². The largest absolute Gasteiger partial charge is 0.492 e. The predicted molar refractivity (Wildman–Crippen MR) is 132 cm³/mol. The second kappa shape index (κ2) is 9.53. The Labute approximate surface area is 215 Å². The summed E-state index contributed by atoms with van der Waals surface area (Å²) in [4.78, 5) is 25.3. The van der Waals surface area contributed by atoms with Crippen LogP contribution in [0.4, 0.5) is 0 Å². The molecule has 0 spiro atoms. The van der Waals surface area contributed by atoms with Crippen molar-refractivity contribution in [1.29, 1.82) is 0 Å². The van der Waals surface area contributed by atoms with Crippen LogP contribution in [0, 0.1) is 11.8 Å². The zero-order chi connectivity index (χ0) is 26.4. The van der Waals surface area contributed by atoms with Gasteiger partial charge >= 0.3 is 11.9 Å². The molecular formula is C28H30O9. The Bertz CT molecular complexity index is 1310. The Balaban J connectivity index is 1.88. The smallest absolute Gasteiger partial charge is 0.338 e. The van der Waals surface area contributed by atoms with E-state index in [0.29, 0.717) is 57.4 Å². The Morgan fingerprint density at radius 1 is 0.946 bits per heavy atom. The summed E-state index contributed by atoms with van der Waals surface area (Å²) >= 11 is 0. The van der Waals surface area contributed by atoms with Crippen molar-refractivity contribution in [3.63, 3.8) is 0 Å². The van der Waals surface area contributed by atoms with Crippen molar-refractivity contribution in [2.45, 2.75) is 47.1 Å². The van der Waals surface area contributed by atoms with Crippen LogP contribution in [0.5, 0.6) is 34.5 Å².